The van der Waals surface area contributed by atoms with E-state index in [1.807, 2.05) is 13.0 Å². The minimum Gasteiger partial charge on any atom is -0.468 e. The van der Waals surface area contributed by atoms with Crippen LogP contribution in [-0.2, 0) is 14.6 Å². The smallest absolute Gasteiger partial charge is 0.219 e. The highest BCUT2D eigenvalue weighted by atomic mass is 32.2. The molecule has 0 saturated carbocycles. The third-order valence-electron chi connectivity index (χ3n) is 3.69. The van der Waals surface area contributed by atoms with E-state index in [2.05, 4.69) is 5.32 Å². The molecule has 1 N–H and O–H groups in total. The van der Waals surface area contributed by atoms with Gasteiger partial charge in [-0.15, -0.1) is 0 Å². The van der Waals surface area contributed by atoms with Gasteiger partial charge < -0.3 is 9.73 Å². The molecule has 0 unspecified atom stereocenters. The van der Waals surface area contributed by atoms with Crippen molar-refractivity contribution in [3.05, 3.63) is 53.5 Å². The van der Waals surface area contributed by atoms with Crippen LogP contribution in [0, 0.1) is 13.8 Å². The number of furan rings is 1. The Bertz CT molecular complexity index is 779. The number of benzene rings is 1. The van der Waals surface area contributed by atoms with E-state index in [0.29, 0.717) is 17.7 Å². The maximum atomic E-state index is 13.1. The summed E-state index contributed by atoms with van der Waals surface area (Å²) in [6.07, 6.45) is 1.73. The summed E-state index contributed by atoms with van der Waals surface area (Å²) in [6.45, 7) is 5.31. The molecule has 0 aliphatic rings. The predicted molar refractivity (Wildman–Crippen MR) is 87.9 cm³/mol. The molecule has 1 atom stereocenters. The van der Waals surface area contributed by atoms with Crippen LogP contribution in [0.1, 0.15) is 35.5 Å². The summed E-state index contributed by atoms with van der Waals surface area (Å²) in [4.78, 5) is 11.8. The topological polar surface area (TPSA) is 76.4 Å². The van der Waals surface area contributed by atoms with Gasteiger partial charge in [-0.2, -0.15) is 0 Å². The van der Waals surface area contributed by atoms with Crippen molar-refractivity contribution in [2.24, 2.45) is 0 Å². The Kier molecular flexibility index (Phi) is 5.26. The average Bonchev–Trinajstić information content (AvgIpc) is 3.03. The fraction of sp³-hybridized carbons (Fsp3) is 0.353. The maximum absolute atomic E-state index is 13.1. The summed E-state index contributed by atoms with van der Waals surface area (Å²) < 4.78 is 31.5. The second-order valence-electron chi connectivity index (χ2n) is 5.48. The van der Waals surface area contributed by atoms with Crippen LogP contribution in [0.15, 0.2) is 45.9 Å². The highest BCUT2D eigenvalue weighted by Crippen LogP contribution is 2.31. The molecule has 0 aliphatic carbocycles. The van der Waals surface area contributed by atoms with Gasteiger partial charge in [-0.1, -0.05) is 19.1 Å². The molecule has 1 amide bonds. The van der Waals surface area contributed by atoms with Crippen LogP contribution < -0.4 is 5.32 Å². The van der Waals surface area contributed by atoms with Crippen LogP contribution in [0.2, 0.25) is 0 Å². The normalized spacial score (nSPS) is 12.8. The largest absolute Gasteiger partial charge is 0.468 e. The first-order chi connectivity index (χ1) is 10.9. The zero-order valence-corrected chi connectivity index (χ0v) is 14.3. The van der Waals surface area contributed by atoms with Crippen LogP contribution in [0.3, 0.4) is 0 Å². The molecule has 0 radical (unpaired) electrons. The van der Waals surface area contributed by atoms with E-state index in [1.54, 1.807) is 38.1 Å². The summed E-state index contributed by atoms with van der Waals surface area (Å²) in [5, 5.41) is 1.70. The molecule has 1 aromatic heterocycles. The van der Waals surface area contributed by atoms with E-state index in [9.17, 15) is 13.2 Å². The number of rotatable bonds is 6. The minimum atomic E-state index is -3.69. The zero-order chi connectivity index (χ0) is 17.0. The van der Waals surface area contributed by atoms with Crippen molar-refractivity contribution in [3.8, 4) is 0 Å². The first-order valence-electron chi connectivity index (χ1n) is 7.47. The maximum Gasteiger partial charge on any atom is 0.219 e. The molecule has 2 rings (SSSR count). The van der Waals surface area contributed by atoms with Crippen molar-refractivity contribution in [2.75, 3.05) is 6.54 Å². The molecule has 1 aromatic carbocycles. The molecule has 6 heteroatoms. The summed E-state index contributed by atoms with van der Waals surface area (Å²) in [5.74, 6) is 0.125. The van der Waals surface area contributed by atoms with E-state index in [0.717, 1.165) is 5.56 Å². The lowest BCUT2D eigenvalue weighted by atomic mass is 10.2. The Labute approximate surface area is 136 Å². The van der Waals surface area contributed by atoms with Crippen molar-refractivity contribution in [1.82, 2.24) is 5.32 Å². The van der Waals surface area contributed by atoms with E-state index >= 15 is 0 Å². The molecule has 5 nitrogen and oxygen atoms in total. The molecular weight excluding hydrogens is 314 g/mol. The molecule has 1 heterocycles. The number of hydrogen-bond acceptors (Lipinski definition) is 4. The SMILES string of the molecule is CCC(=O)NC[C@H](c1ccco1)S(=O)(=O)c1cc(C)ccc1C. The quantitative estimate of drug-likeness (QED) is 0.880. The van der Waals surface area contributed by atoms with Crippen LogP contribution in [0.25, 0.3) is 0 Å². The van der Waals surface area contributed by atoms with E-state index in [-0.39, 0.29) is 17.3 Å². The van der Waals surface area contributed by atoms with Gasteiger partial charge in [0.05, 0.1) is 11.2 Å². The van der Waals surface area contributed by atoms with Gasteiger partial charge in [0.15, 0.2) is 9.84 Å². The Morgan fingerprint density at radius 1 is 1.26 bits per heavy atom. The number of amides is 1. The molecule has 0 saturated heterocycles. The zero-order valence-electron chi connectivity index (χ0n) is 13.5. The second-order valence-corrected chi connectivity index (χ2v) is 7.57. The molecule has 124 valence electrons. The van der Waals surface area contributed by atoms with Gasteiger partial charge in [-0.25, -0.2) is 8.42 Å². The Morgan fingerprint density at radius 3 is 2.61 bits per heavy atom. The van der Waals surface area contributed by atoms with Crippen molar-refractivity contribution in [3.63, 3.8) is 0 Å². The fourth-order valence-corrected chi connectivity index (χ4v) is 4.25. The molecule has 2 aromatic rings. The predicted octanol–water partition coefficient (Wildman–Crippen LogP) is 2.94. The van der Waals surface area contributed by atoms with Gasteiger partial charge in [-0.3, -0.25) is 4.79 Å². The molecule has 0 spiro atoms. The van der Waals surface area contributed by atoms with Gasteiger partial charge in [0.25, 0.3) is 0 Å². The minimum absolute atomic E-state index is 0.0180. The van der Waals surface area contributed by atoms with Crippen LogP contribution >= 0.6 is 0 Å². The molecule has 0 aliphatic heterocycles. The number of aryl methyl sites for hydroxylation is 2. The standard InChI is InChI=1S/C17H21NO4S/c1-4-17(19)18-11-16(14-6-5-9-22-14)23(20,21)15-10-12(2)7-8-13(15)3/h5-10,16H,4,11H2,1-3H3,(H,18,19)/t16-/m1/s1. The number of carbonyl (C=O) groups is 1. The van der Waals surface area contributed by atoms with E-state index < -0.39 is 15.1 Å². The van der Waals surface area contributed by atoms with Gasteiger partial charge in [0.1, 0.15) is 11.0 Å². The highest BCUT2D eigenvalue weighted by Gasteiger charge is 2.32. The number of hydrogen-bond donors (Lipinski definition) is 1. The number of nitrogens with one attached hydrogen (secondary N) is 1. The van der Waals surface area contributed by atoms with Gasteiger partial charge in [-0.05, 0) is 43.2 Å². The molecular formula is C17H21NO4S. The van der Waals surface area contributed by atoms with Crippen LogP contribution in [0.5, 0.6) is 0 Å². The Balaban J connectivity index is 2.44. The number of sulfone groups is 1. The first kappa shape index (κ1) is 17.3. The third-order valence-corrected chi connectivity index (χ3v) is 5.89. The van der Waals surface area contributed by atoms with Crippen molar-refractivity contribution >= 4 is 15.7 Å². The highest BCUT2D eigenvalue weighted by molar-refractivity contribution is 7.91. The average molecular weight is 335 g/mol. The third kappa shape index (κ3) is 3.82. The first-order valence-corrected chi connectivity index (χ1v) is 9.02. The monoisotopic (exact) mass is 335 g/mol. The number of carbonyl (C=O) groups excluding carboxylic acids is 1. The molecule has 0 fully saturated rings. The summed E-state index contributed by atoms with van der Waals surface area (Å²) >= 11 is 0. The van der Waals surface area contributed by atoms with Crippen LogP contribution in [-0.4, -0.2) is 20.9 Å². The fourth-order valence-electron chi connectivity index (χ4n) is 2.34. The molecule has 0 bridgehead atoms. The lowest BCUT2D eigenvalue weighted by molar-refractivity contribution is -0.120. The van der Waals surface area contributed by atoms with Crippen LogP contribution in [0.4, 0.5) is 0 Å². The van der Waals surface area contributed by atoms with Crippen molar-refractivity contribution in [2.45, 2.75) is 37.3 Å². The van der Waals surface area contributed by atoms with E-state index in [4.69, 9.17) is 4.42 Å². The van der Waals surface area contributed by atoms with Gasteiger partial charge in [0.2, 0.25) is 5.91 Å². The van der Waals surface area contributed by atoms with E-state index in [1.165, 1.54) is 6.26 Å². The van der Waals surface area contributed by atoms with Crippen molar-refractivity contribution in [1.29, 1.82) is 0 Å². The summed E-state index contributed by atoms with van der Waals surface area (Å²) in [5.41, 5.74) is 1.54. The Morgan fingerprint density at radius 2 is 2.00 bits per heavy atom. The second kappa shape index (κ2) is 7.00. The lowest BCUT2D eigenvalue weighted by Gasteiger charge is -2.18. The summed E-state index contributed by atoms with van der Waals surface area (Å²) in [6, 6.07) is 8.57. The van der Waals surface area contributed by atoms with Gasteiger partial charge >= 0.3 is 0 Å². The van der Waals surface area contributed by atoms with Gasteiger partial charge in [0, 0.05) is 13.0 Å². The molecule has 23 heavy (non-hydrogen) atoms. The van der Waals surface area contributed by atoms with Crippen molar-refractivity contribution < 1.29 is 17.6 Å². The Hall–Kier alpha value is -2.08. The lowest BCUT2D eigenvalue weighted by Crippen LogP contribution is -2.31. The summed E-state index contributed by atoms with van der Waals surface area (Å²) in [7, 11) is -3.69.